The van der Waals surface area contributed by atoms with E-state index in [0.29, 0.717) is 5.92 Å². The second-order valence-electron chi connectivity index (χ2n) is 5.34. The smallest absolute Gasteiger partial charge is 0.133 e. The van der Waals surface area contributed by atoms with Crippen molar-refractivity contribution in [3.63, 3.8) is 0 Å². The molecule has 3 nitrogen and oxygen atoms in total. The first-order chi connectivity index (χ1) is 8.65. The largest absolute Gasteiger partial charge is 0.370 e. The zero-order valence-electron chi connectivity index (χ0n) is 11.7. The van der Waals surface area contributed by atoms with Crippen molar-refractivity contribution in [2.75, 3.05) is 11.9 Å². The van der Waals surface area contributed by atoms with Gasteiger partial charge in [0.1, 0.15) is 11.6 Å². The van der Waals surface area contributed by atoms with Gasteiger partial charge in [0, 0.05) is 24.2 Å². The monoisotopic (exact) mass is 245 g/mol. The number of aromatic nitrogens is 2. The zero-order valence-corrected chi connectivity index (χ0v) is 11.7. The lowest BCUT2D eigenvalue weighted by molar-refractivity contribution is 0.765. The first-order valence-electron chi connectivity index (χ1n) is 6.92. The Morgan fingerprint density at radius 1 is 1.33 bits per heavy atom. The minimum absolute atomic E-state index is 0.378. The molecule has 1 heterocycles. The van der Waals surface area contributed by atoms with Crippen LogP contribution in [0.3, 0.4) is 0 Å². The molecule has 1 aromatic heterocycles. The molecule has 18 heavy (non-hydrogen) atoms. The zero-order chi connectivity index (χ0) is 13.0. The van der Waals surface area contributed by atoms with Gasteiger partial charge in [-0.25, -0.2) is 9.97 Å². The second-order valence-corrected chi connectivity index (χ2v) is 5.34. The summed E-state index contributed by atoms with van der Waals surface area (Å²) in [5, 5.41) is 3.42. The van der Waals surface area contributed by atoms with Crippen LogP contribution in [0.15, 0.2) is 17.7 Å². The van der Waals surface area contributed by atoms with E-state index in [-0.39, 0.29) is 0 Å². The molecule has 0 amide bonds. The maximum atomic E-state index is 4.56. The molecule has 0 spiro atoms. The standard InChI is InChI=1S/C15H23N3/c1-11(2)15-17-12(3)10-14(18-15)16-9-8-13-6-4-5-7-13/h6,10-11H,4-5,7-9H2,1-3H3,(H,16,17,18). The van der Waals surface area contributed by atoms with Crippen LogP contribution in [0, 0.1) is 6.92 Å². The van der Waals surface area contributed by atoms with Crippen LogP contribution in [0.2, 0.25) is 0 Å². The van der Waals surface area contributed by atoms with E-state index in [0.717, 1.165) is 30.3 Å². The van der Waals surface area contributed by atoms with E-state index in [4.69, 9.17) is 0 Å². The van der Waals surface area contributed by atoms with Gasteiger partial charge in [-0.2, -0.15) is 0 Å². The average molecular weight is 245 g/mol. The van der Waals surface area contributed by atoms with Gasteiger partial charge in [-0.1, -0.05) is 25.5 Å². The van der Waals surface area contributed by atoms with Crippen LogP contribution in [0.5, 0.6) is 0 Å². The highest BCUT2D eigenvalue weighted by molar-refractivity contribution is 5.36. The predicted octanol–water partition coefficient (Wildman–Crippen LogP) is 3.82. The SMILES string of the molecule is Cc1cc(NCCC2=CCCC2)nc(C(C)C)n1. The summed E-state index contributed by atoms with van der Waals surface area (Å²) >= 11 is 0. The van der Waals surface area contributed by atoms with Gasteiger partial charge in [0.15, 0.2) is 0 Å². The average Bonchev–Trinajstić information content (AvgIpc) is 2.81. The lowest BCUT2D eigenvalue weighted by Crippen LogP contribution is -2.08. The van der Waals surface area contributed by atoms with Crippen molar-refractivity contribution in [2.24, 2.45) is 0 Å². The molecule has 1 aliphatic carbocycles. The third-order valence-electron chi connectivity index (χ3n) is 3.28. The highest BCUT2D eigenvalue weighted by Crippen LogP contribution is 2.20. The molecule has 0 radical (unpaired) electrons. The molecule has 1 aliphatic rings. The third-order valence-corrected chi connectivity index (χ3v) is 3.28. The van der Waals surface area contributed by atoms with Crippen molar-refractivity contribution in [2.45, 2.75) is 52.4 Å². The fourth-order valence-corrected chi connectivity index (χ4v) is 2.26. The van der Waals surface area contributed by atoms with Crippen molar-refractivity contribution in [1.82, 2.24) is 9.97 Å². The maximum absolute atomic E-state index is 4.56. The fraction of sp³-hybridized carbons (Fsp3) is 0.600. The van der Waals surface area contributed by atoms with Crippen molar-refractivity contribution in [3.8, 4) is 0 Å². The molecule has 98 valence electrons. The quantitative estimate of drug-likeness (QED) is 0.801. The highest BCUT2D eigenvalue weighted by atomic mass is 15.0. The number of hydrogen-bond acceptors (Lipinski definition) is 3. The van der Waals surface area contributed by atoms with Crippen LogP contribution in [0.1, 0.15) is 57.0 Å². The minimum Gasteiger partial charge on any atom is -0.370 e. The van der Waals surface area contributed by atoms with Gasteiger partial charge in [0.2, 0.25) is 0 Å². The summed E-state index contributed by atoms with van der Waals surface area (Å²) in [5.74, 6) is 2.27. The van der Waals surface area contributed by atoms with E-state index < -0.39 is 0 Å². The van der Waals surface area contributed by atoms with Gasteiger partial charge in [-0.15, -0.1) is 0 Å². The van der Waals surface area contributed by atoms with Crippen LogP contribution in [-0.2, 0) is 0 Å². The third kappa shape index (κ3) is 3.56. The van der Waals surface area contributed by atoms with Gasteiger partial charge in [0.05, 0.1) is 0 Å². The topological polar surface area (TPSA) is 37.8 Å². The Hall–Kier alpha value is -1.38. The van der Waals surface area contributed by atoms with Gasteiger partial charge >= 0.3 is 0 Å². The molecule has 0 saturated heterocycles. The molecule has 3 heteroatoms. The highest BCUT2D eigenvalue weighted by Gasteiger charge is 2.07. The Morgan fingerprint density at radius 3 is 2.83 bits per heavy atom. The summed E-state index contributed by atoms with van der Waals surface area (Å²) in [5.41, 5.74) is 2.63. The van der Waals surface area contributed by atoms with Gasteiger partial charge < -0.3 is 5.32 Å². The summed E-state index contributed by atoms with van der Waals surface area (Å²) in [4.78, 5) is 9.01. The van der Waals surface area contributed by atoms with Crippen molar-refractivity contribution in [1.29, 1.82) is 0 Å². The van der Waals surface area contributed by atoms with Crippen molar-refractivity contribution >= 4 is 5.82 Å². The van der Waals surface area contributed by atoms with E-state index in [1.54, 1.807) is 5.57 Å². The molecule has 0 aromatic carbocycles. The lowest BCUT2D eigenvalue weighted by Gasteiger charge is -2.10. The number of anilines is 1. The van der Waals surface area contributed by atoms with Crippen LogP contribution in [0.4, 0.5) is 5.82 Å². The Kier molecular flexibility index (Phi) is 4.34. The van der Waals surface area contributed by atoms with Crippen LogP contribution < -0.4 is 5.32 Å². The molecule has 2 rings (SSSR count). The molecule has 0 atom stereocenters. The number of nitrogens with one attached hydrogen (secondary N) is 1. The van der Waals surface area contributed by atoms with Crippen molar-refractivity contribution in [3.05, 3.63) is 29.2 Å². The number of nitrogens with zero attached hydrogens (tertiary/aromatic N) is 2. The Morgan fingerprint density at radius 2 is 2.17 bits per heavy atom. The predicted molar refractivity (Wildman–Crippen MR) is 75.9 cm³/mol. The van der Waals surface area contributed by atoms with E-state index in [1.165, 1.54) is 19.3 Å². The molecule has 0 unspecified atom stereocenters. The van der Waals surface area contributed by atoms with Gasteiger partial charge in [-0.3, -0.25) is 0 Å². The fourth-order valence-electron chi connectivity index (χ4n) is 2.26. The number of rotatable bonds is 5. The van der Waals surface area contributed by atoms with E-state index >= 15 is 0 Å². The Bertz CT molecular complexity index is 435. The molecular formula is C15H23N3. The summed E-state index contributed by atoms with van der Waals surface area (Å²) in [7, 11) is 0. The number of hydrogen-bond donors (Lipinski definition) is 1. The van der Waals surface area contributed by atoms with Gasteiger partial charge in [0.25, 0.3) is 0 Å². The summed E-state index contributed by atoms with van der Waals surface area (Å²) < 4.78 is 0. The second kappa shape index (κ2) is 5.98. The van der Waals surface area contributed by atoms with Crippen LogP contribution >= 0.6 is 0 Å². The molecule has 0 fully saturated rings. The molecule has 1 N–H and O–H groups in total. The number of allylic oxidation sites excluding steroid dienone is 1. The Balaban J connectivity index is 1.92. The van der Waals surface area contributed by atoms with E-state index in [9.17, 15) is 0 Å². The maximum Gasteiger partial charge on any atom is 0.133 e. The first-order valence-corrected chi connectivity index (χ1v) is 6.92. The molecule has 1 aromatic rings. The van der Waals surface area contributed by atoms with E-state index in [2.05, 4.69) is 35.2 Å². The normalized spacial score (nSPS) is 15.0. The molecule has 0 aliphatic heterocycles. The summed E-state index contributed by atoms with van der Waals surface area (Å²) in [6.45, 7) is 7.25. The molecule has 0 bridgehead atoms. The summed E-state index contributed by atoms with van der Waals surface area (Å²) in [6.07, 6.45) is 7.40. The van der Waals surface area contributed by atoms with Gasteiger partial charge in [-0.05, 0) is 32.6 Å². The lowest BCUT2D eigenvalue weighted by atomic mass is 10.1. The molecule has 0 saturated carbocycles. The van der Waals surface area contributed by atoms with Crippen LogP contribution in [0.25, 0.3) is 0 Å². The molecular weight excluding hydrogens is 222 g/mol. The van der Waals surface area contributed by atoms with Crippen LogP contribution in [-0.4, -0.2) is 16.5 Å². The minimum atomic E-state index is 0.378. The van der Waals surface area contributed by atoms with Crippen molar-refractivity contribution < 1.29 is 0 Å². The first kappa shape index (κ1) is 13.1. The van der Waals surface area contributed by atoms with E-state index in [1.807, 2.05) is 13.0 Å². The summed E-state index contributed by atoms with van der Waals surface area (Å²) in [6, 6.07) is 2.02. The number of aryl methyl sites for hydroxylation is 1. The Labute approximate surface area is 110 Å².